The number of likely N-dealkylation sites (tertiary alicyclic amines) is 1. The minimum Gasteiger partial charge on any atom is -0.332 e. The van der Waals surface area contributed by atoms with Crippen LogP contribution in [0.25, 0.3) is 0 Å². The van der Waals surface area contributed by atoms with Crippen molar-refractivity contribution in [2.24, 2.45) is 11.1 Å². The van der Waals surface area contributed by atoms with Crippen molar-refractivity contribution in [3.8, 4) is 0 Å². The largest absolute Gasteiger partial charge is 0.332 e. The van der Waals surface area contributed by atoms with Gasteiger partial charge in [0.05, 0.1) is 12.6 Å². The average Bonchev–Trinajstić information content (AvgIpc) is 3.15. The summed E-state index contributed by atoms with van der Waals surface area (Å²) in [4.78, 5) is 18.2. The molecular formula is C17H28ClN3OS. The van der Waals surface area contributed by atoms with E-state index in [-0.39, 0.29) is 29.8 Å². The van der Waals surface area contributed by atoms with Crippen LogP contribution in [0.5, 0.6) is 0 Å². The van der Waals surface area contributed by atoms with Crippen LogP contribution in [0.15, 0.2) is 30.2 Å². The van der Waals surface area contributed by atoms with Crippen LogP contribution in [-0.2, 0) is 11.3 Å². The van der Waals surface area contributed by atoms with Gasteiger partial charge in [-0.2, -0.15) is 0 Å². The van der Waals surface area contributed by atoms with E-state index in [0.29, 0.717) is 19.6 Å². The van der Waals surface area contributed by atoms with Gasteiger partial charge in [0.1, 0.15) is 0 Å². The highest BCUT2D eigenvalue weighted by Gasteiger charge is 2.37. The molecule has 130 valence electrons. The van der Waals surface area contributed by atoms with Gasteiger partial charge in [-0.05, 0) is 43.3 Å². The number of thiophene rings is 1. The van der Waals surface area contributed by atoms with Crippen molar-refractivity contribution in [1.82, 2.24) is 9.80 Å². The number of hydrogen-bond donors (Lipinski definition) is 1. The van der Waals surface area contributed by atoms with Gasteiger partial charge in [0.25, 0.3) is 0 Å². The molecule has 1 saturated heterocycles. The van der Waals surface area contributed by atoms with Gasteiger partial charge in [-0.15, -0.1) is 30.3 Å². The average molecular weight is 358 g/mol. The zero-order valence-corrected chi connectivity index (χ0v) is 15.7. The van der Waals surface area contributed by atoms with Crippen LogP contribution in [0.1, 0.15) is 25.1 Å². The fraction of sp³-hybridized carbons (Fsp3) is 0.588. The Morgan fingerprint density at radius 2 is 2.39 bits per heavy atom. The first kappa shape index (κ1) is 20.2. The Bertz CT molecular complexity index is 508. The molecule has 1 aliphatic heterocycles. The Balaban J connectivity index is 0.00000264. The molecule has 23 heavy (non-hydrogen) atoms. The van der Waals surface area contributed by atoms with E-state index in [1.54, 1.807) is 17.4 Å². The summed E-state index contributed by atoms with van der Waals surface area (Å²) < 4.78 is 0. The second-order valence-corrected chi connectivity index (χ2v) is 7.53. The van der Waals surface area contributed by atoms with Crippen LogP contribution < -0.4 is 5.73 Å². The standard InChI is InChI=1S/C17H27N3OS.ClH/c1-4-8-19(11-15-6-5-10-22-15)16(21)14(2)20-9-7-17(3,12-18)13-20;/h4-6,10,14H,1,7-9,11-13,18H2,2-3H3;1H. The molecule has 0 aromatic carbocycles. The summed E-state index contributed by atoms with van der Waals surface area (Å²) >= 11 is 1.68. The minimum atomic E-state index is -0.103. The van der Waals surface area contributed by atoms with Gasteiger partial charge in [-0.25, -0.2) is 0 Å². The number of halogens is 1. The van der Waals surface area contributed by atoms with Crippen molar-refractivity contribution in [2.45, 2.75) is 32.9 Å². The maximum absolute atomic E-state index is 12.9. The van der Waals surface area contributed by atoms with Crippen molar-refractivity contribution >= 4 is 29.7 Å². The molecule has 2 heterocycles. The molecule has 0 radical (unpaired) electrons. The maximum Gasteiger partial charge on any atom is 0.240 e. The van der Waals surface area contributed by atoms with Crippen LogP contribution in [0.2, 0.25) is 0 Å². The Kier molecular flexibility index (Phi) is 7.74. The van der Waals surface area contributed by atoms with Crippen molar-refractivity contribution in [1.29, 1.82) is 0 Å². The van der Waals surface area contributed by atoms with E-state index in [1.165, 1.54) is 4.88 Å². The summed E-state index contributed by atoms with van der Waals surface area (Å²) in [6.07, 6.45) is 2.86. The molecule has 1 aliphatic rings. The minimum absolute atomic E-state index is 0. The van der Waals surface area contributed by atoms with Crippen molar-refractivity contribution < 1.29 is 4.79 Å². The predicted molar refractivity (Wildman–Crippen MR) is 100.0 cm³/mol. The number of carbonyl (C=O) groups excluding carboxylic acids is 1. The lowest BCUT2D eigenvalue weighted by molar-refractivity contribution is -0.136. The van der Waals surface area contributed by atoms with Crippen LogP contribution >= 0.6 is 23.7 Å². The third-order valence-electron chi connectivity index (χ3n) is 4.57. The number of nitrogens with zero attached hydrogens (tertiary/aromatic N) is 2. The summed E-state index contributed by atoms with van der Waals surface area (Å²) in [5.41, 5.74) is 6.01. The van der Waals surface area contributed by atoms with Gasteiger partial charge in [0.2, 0.25) is 5.91 Å². The molecule has 1 amide bonds. The third kappa shape index (κ3) is 5.05. The molecule has 1 aromatic heterocycles. The summed E-state index contributed by atoms with van der Waals surface area (Å²) in [5, 5.41) is 2.04. The van der Waals surface area contributed by atoms with E-state index >= 15 is 0 Å². The predicted octanol–water partition coefficient (Wildman–Crippen LogP) is 2.74. The molecule has 2 atom stereocenters. The SMILES string of the molecule is C=CCN(Cc1cccs1)C(=O)C(C)N1CCC(C)(CN)C1.Cl. The van der Waals surface area contributed by atoms with E-state index in [4.69, 9.17) is 5.73 Å². The number of carbonyl (C=O) groups is 1. The zero-order chi connectivity index (χ0) is 16.2. The highest BCUT2D eigenvalue weighted by molar-refractivity contribution is 7.09. The Morgan fingerprint density at radius 1 is 1.65 bits per heavy atom. The third-order valence-corrected chi connectivity index (χ3v) is 5.43. The van der Waals surface area contributed by atoms with Gasteiger partial charge in [-0.1, -0.05) is 19.1 Å². The van der Waals surface area contributed by atoms with E-state index in [0.717, 1.165) is 19.5 Å². The molecule has 1 fully saturated rings. The van der Waals surface area contributed by atoms with E-state index < -0.39 is 0 Å². The molecule has 4 nitrogen and oxygen atoms in total. The van der Waals surface area contributed by atoms with Crippen molar-refractivity contribution in [3.05, 3.63) is 35.0 Å². The van der Waals surface area contributed by atoms with Crippen molar-refractivity contribution in [2.75, 3.05) is 26.2 Å². The van der Waals surface area contributed by atoms with Gasteiger partial charge < -0.3 is 10.6 Å². The first-order chi connectivity index (χ1) is 10.5. The fourth-order valence-electron chi connectivity index (χ4n) is 2.96. The number of nitrogens with two attached hydrogens (primary N) is 1. The van der Waals surface area contributed by atoms with Crippen LogP contribution in [-0.4, -0.2) is 47.9 Å². The molecular weight excluding hydrogens is 330 g/mol. The molecule has 2 rings (SSSR count). The molecule has 0 saturated carbocycles. The van der Waals surface area contributed by atoms with Crippen LogP contribution in [0.3, 0.4) is 0 Å². The molecule has 1 aromatic rings. The highest BCUT2D eigenvalue weighted by atomic mass is 35.5. The normalized spacial score (nSPS) is 22.4. The molecule has 2 unspecified atom stereocenters. The lowest BCUT2D eigenvalue weighted by Gasteiger charge is -2.31. The monoisotopic (exact) mass is 357 g/mol. The van der Waals surface area contributed by atoms with Crippen LogP contribution in [0, 0.1) is 5.41 Å². The molecule has 2 N–H and O–H groups in total. The highest BCUT2D eigenvalue weighted by Crippen LogP contribution is 2.30. The topological polar surface area (TPSA) is 49.6 Å². The zero-order valence-electron chi connectivity index (χ0n) is 14.0. The number of hydrogen-bond acceptors (Lipinski definition) is 4. The first-order valence-corrected chi connectivity index (χ1v) is 8.73. The fourth-order valence-corrected chi connectivity index (χ4v) is 3.68. The molecule has 0 bridgehead atoms. The Labute approximate surface area is 149 Å². The van der Waals surface area contributed by atoms with Gasteiger partial charge in [0.15, 0.2) is 0 Å². The molecule has 0 spiro atoms. The quantitative estimate of drug-likeness (QED) is 0.763. The number of rotatable bonds is 7. The summed E-state index contributed by atoms with van der Waals surface area (Å²) in [6.45, 7) is 11.8. The van der Waals surface area contributed by atoms with Crippen molar-refractivity contribution in [3.63, 3.8) is 0 Å². The molecule has 6 heteroatoms. The number of amides is 1. The van der Waals surface area contributed by atoms with E-state index in [9.17, 15) is 4.79 Å². The second kappa shape index (κ2) is 8.83. The Hall–Kier alpha value is -0.880. The van der Waals surface area contributed by atoms with E-state index in [1.807, 2.05) is 23.3 Å². The smallest absolute Gasteiger partial charge is 0.240 e. The van der Waals surface area contributed by atoms with Gasteiger partial charge in [-0.3, -0.25) is 9.69 Å². The maximum atomic E-state index is 12.9. The summed E-state index contributed by atoms with van der Waals surface area (Å²) in [5.74, 6) is 0.176. The van der Waals surface area contributed by atoms with Gasteiger partial charge >= 0.3 is 0 Å². The van der Waals surface area contributed by atoms with E-state index in [2.05, 4.69) is 24.5 Å². The Morgan fingerprint density at radius 3 is 2.91 bits per heavy atom. The van der Waals surface area contributed by atoms with Gasteiger partial charge in [0, 0.05) is 18.0 Å². The summed E-state index contributed by atoms with van der Waals surface area (Å²) in [7, 11) is 0. The second-order valence-electron chi connectivity index (χ2n) is 6.50. The summed E-state index contributed by atoms with van der Waals surface area (Å²) in [6, 6.07) is 3.99. The molecule has 0 aliphatic carbocycles. The van der Waals surface area contributed by atoms with Crippen LogP contribution in [0.4, 0.5) is 0 Å². The lowest BCUT2D eigenvalue weighted by atomic mass is 9.90. The first-order valence-electron chi connectivity index (χ1n) is 7.85. The lowest BCUT2D eigenvalue weighted by Crippen LogP contribution is -2.47.